The lowest BCUT2D eigenvalue weighted by Crippen LogP contribution is -2.28. The van der Waals surface area contributed by atoms with Gasteiger partial charge in [-0.3, -0.25) is 19.7 Å². The van der Waals surface area contributed by atoms with Gasteiger partial charge in [-0.25, -0.2) is 0 Å². The van der Waals surface area contributed by atoms with Crippen LogP contribution in [0.25, 0.3) is 0 Å². The van der Waals surface area contributed by atoms with E-state index in [1.807, 2.05) is 12.2 Å². The number of nitro groups is 1. The average Bonchev–Trinajstić information content (AvgIpc) is 3.28. The highest BCUT2D eigenvalue weighted by atomic mass is 16.6. The van der Waals surface area contributed by atoms with E-state index in [1.165, 1.54) is 19.4 Å². The molecule has 1 saturated carbocycles. The minimum atomic E-state index is -0.755. The van der Waals surface area contributed by atoms with Crippen molar-refractivity contribution in [2.45, 2.75) is 6.42 Å². The van der Waals surface area contributed by atoms with Crippen LogP contribution in [0.3, 0.4) is 0 Å². The topological polar surface area (TPSA) is 122 Å². The van der Waals surface area contributed by atoms with Gasteiger partial charge in [0, 0.05) is 11.6 Å². The number of imide groups is 1. The smallest absolute Gasteiger partial charge is 0.315 e. The number of phenols is 1. The number of carbonyl (C=O) groups excluding carboxylic acids is 2. The fraction of sp³-hybridized carbons (Fsp3) is 0.353. The molecule has 3 aliphatic rings. The molecule has 0 spiro atoms. The van der Waals surface area contributed by atoms with Crippen molar-refractivity contribution in [1.82, 2.24) is 5.01 Å². The molecule has 1 saturated heterocycles. The first kappa shape index (κ1) is 16.2. The Morgan fingerprint density at radius 3 is 2.42 bits per heavy atom. The molecule has 0 radical (unpaired) electrons. The molecule has 2 amide bonds. The molecule has 26 heavy (non-hydrogen) atoms. The van der Waals surface area contributed by atoms with Gasteiger partial charge in [0.15, 0.2) is 5.75 Å². The highest BCUT2D eigenvalue weighted by Crippen LogP contribution is 2.52. The van der Waals surface area contributed by atoms with E-state index in [4.69, 9.17) is 4.74 Å². The predicted octanol–water partition coefficient (Wildman–Crippen LogP) is 1.45. The van der Waals surface area contributed by atoms with Crippen LogP contribution in [0, 0.1) is 33.8 Å². The fourth-order valence-corrected chi connectivity index (χ4v) is 4.11. The summed E-state index contributed by atoms with van der Waals surface area (Å²) in [7, 11) is 1.26. The maximum absolute atomic E-state index is 12.5. The number of nitro benzene ring substituents is 1. The molecule has 9 nitrogen and oxygen atoms in total. The van der Waals surface area contributed by atoms with E-state index >= 15 is 0 Å². The van der Waals surface area contributed by atoms with E-state index in [0.717, 1.165) is 17.5 Å². The molecule has 1 aromatic rings. The van der Waals surface area contributed by atoms with Gasteiger partial charge in [0.25, 0.3) is 11.8 Å². The second kappa shape index (κ2) is 5.65. The number of fused-ring (bicyclic) bond motifs is 5. The summed E-state index contributed by atoms with van der Waals surface area (Å²) in [4.78, 5) is 35.4. The lowest BCUT2D eigenvalue weighted by molar-refractivity contribution is -0.386. The summed E-state index contributed by atoms with van der Waals surface area (Å²) in [5, 5.41) is 25.6. The number of carbonyl (C=O) groups is 2. The van der Waals surface area contributed by atoms with Crippen molar-refractivity contribution < 1.29 is 24.4 Å². The number of benzene rings is 1. The number of hydrogen-bond acceptors (Lipinski definition) is 7. The van der Waals surface area contributed by atoms with Gasteiger partial charge in [0.2, 0.25) is 5.75 Å². The fourth-order valence-electron chi connectivity index (χ4n) is 4.11. The molecule has 1 N–H and O–H groups in total. The summed E-state index contributed by atoms with van der Waals surface area (Å²) in [6.45, 7) is 0. The van der Waals surface area contributed by atoms with Gasteiger partial charge in [-0.2, -0.15) is 10.1 Å². The second-order valence-electron chi connectivity index (χ2n) is 6.58. The average molecular weight is 357 g/mol. The number of hydrogen-bond donors (Lipinski definition) is 1. The lowest BCUT2D eigenvalue weighted by atomic mass is 9.85. The number of phenolic OH excluding ortho intramolecular Hbond substituents is 1. The van der Waals surface area contributed by atoms with Crippen LogP contribution in [-0.4, -0.2) is 40.2 Å². The molecule has 4 atom stereocenters. The Kier molecular flexibility index (Phi) is 3.53. The number of hydrazone groups is 1. The van der Waals surface area contributed by atoms with Gasteiger partial charge < -0.3 is 9.84 Å². The van der Waals surface area contributed by atoms with Crippen LogP contribution < -0.4 is 4.74 Å². The van der Waals surface area contributed by atoms with Crippen LogP contribution in [0.1, 0.15) is 12.0 Å². The third kappa shape index (κ3) is 2.20. The monoisotopic (exact) mass is 357 g/mol. The molecule has 1 aromatic carbocycles. The standard InChI is InChI=1S/C17H15N3O6/c1-26-12-5-8(4-11(15(12)21)20(24)25)7-18-19-16(22)13-9-2-3-10(6-9)14(13)17(19)23/h2-5,7,9-10,13-14,21H,6H2,1H3/b18-7+. The molecule has 0 aromatic heterocycles. The third-order valence-electron chi connectivity index (χ3n) is 5.26. The van der Waals surface area contributed by atoms with Gasteiger partial charge >= 0.3 is 5.69 Å². The first-order valence-electron chi connectivity index (χ1n) is 8.08. The third-order valence-corrected chi connectivity index (χ3v) is 5.26. The Bertz CT molecular complexity index is 863. The largest absolute Gasteiger partial charge is 0.500 e. The lowest BCUT2D eigenvalue weighted by Gasteiger charge is -2.13. The molecule has 2 aliphatic carbocycles. The molecule has 4 rings (SSSR count). The Morgan fingerprint density at radius 2 is 1.88 bits per heavy atom. The zero-order chi connectivity index (χ0) is 18.6. The summed E-state index contributed by atoms with van der Waals surface area (Å²) in [5.74, 6) is -1.94. The number of ether oxygens (including phenoxy) is 1. The van der Waals surface area contributed by atoms with Crippen LogP contribution in [0.4, 0.5) is 5.69 Å². The SMILES string of the molecule is COc1cc(/C=N/N2C(=O)C3C4C=CC(C4)C3C2=O)cc([N+](=O)[O-])c1O. The van der Waals surface area contributed by atoms with E-state index in [1.54, 1.807) is 0 Å². The van der Waals surface area contributed by atoms with Crippen LogP contribution in [-0.2, 0) is 9.59 Å². The summed E-state index contributed by atoms with van der Waals surface area (Å²) < 4.78 is 4.92. The summed E-state index contributed by atoms with van der Waals surface area (Å²) >= 11 is 0. The van der Waals surface area contributed by atoms with Gasteiger partial charge in [-0.1, -0.05) is 12.2 Å². The van der Waals surface area contributed by atoms with E-state index in [2.05, 4.69) is 5.10 Å². The van der Waals surface area contributed by atoms with E-state index in [-0.39, 0.29) is 46.8 Å². The van der Waals surface area contributed by atoms with Gasteiger partial charge in [0.05, 0.1) is 30.1 Å². The number of methoxy groups -OCH3 is 1. The molecule has 9 heteroatoms. The highest BCUT2D eigenvalue weighted by molar-refractivity contribution is 6.06. The Balaban J connectivity index is 1.63. The number of rotatable bonds is 4. The van der Waals surface area contributed by atoms with E-state index in [0.29, 0.717) is 0 Å². The Hall–Kier alpha value is -3.23. The maximum Gasteiger partial charge on any atom is 0.315 e. The zero-order valence-corrected chi connectivity index (χ0v) is 13.7. The van der Waals surface area contributed by atoms with Crippen molar-refractivity contribution in [3.8, 4) is 11.5 Å². The van der Waals surface area contributed by atoms with Crippen LogP contribution in [0.2, 0.25) is 0 Å². The quantitative estimate of drug-likeness (QED) is 0.286. The molecule has 1 aliphatic heterocycles. The van der Waals surface area contributed by atoms with Crippen molar-refractivity contribution in [1.29, 1.82) is 0 Å². The molecule has 2 fully saturated rings. The molecule has 2 bridgehead atoms. The van der Waals surface area contributed by atoms with Crippen molar-refractivity contribution >= 4 is 23.7 Å². The number of allylic oxidation sites excluding steroid dienone is 2. The Labute approximate surface area is 147 Å². The highest BCUT2D eigenvalue weighted by Gasteiger charge is 2.59. The van der Waals surface area contributed by atoms with E-state index in [9.17, 15) is 24.8 Å². The van der Waals surface area contributed by atoms with Crippen LogP contribution in [0.5, 0.6) is 11.5 Å². The molecule has 1 heterocycles. The Morgan fingerprint density at radius 1 is 1.27 bits per heavy atom. The van der Waals surface area contributed by atoms with E-state index < -0.39 is 16.4 Å². The minimum absolute atomic E-state index is 0.0801. The minimum Gasteiger partial charge on any atom is -0.500 e. The van der Waals surface area contributed by atoms with Crippen molar-refractivity contribution in [3.63, 3.8) is 0 Å². The number of aromatic hydroxyl groups is 1. The molecular weight excluding hydrogens is 342 g/mol. The van der Waals surface area contributed by atoms with Crippen LogP contribution in [0.15, 0.2) is 29.4 Å². The first-order chi connectivity index (χ1) is 12.4. The van der Waals surface area contributed by atoms with Crippen molar-refractivity contribution in [3.05, 3.63) is 40.0 Å². The van der Waals surface area contributed by atoms with Gasteiger partial charge in [-0.05, 0) is 24.3 Å². The van der Waals surface area contributed by atoms with Crippen molar-refractivity contribution in [2.24, 2.45) is 28.8 Å². The predicted molar refractivity (Wildman–Crippen MR) is 88.5 cm³/mol. The normalized spacial score (nSPS) is 29.0. The zero-order valence-electron chi connectivity index (χ0n) is 13.7. The van der Waals surface area contributed by atoms with Gasteiger partial charge in [-0.15, -0.1) is 0 Å². The van der Waals surface area contributed by atoms with Crippen LogP contribution >= 0.6 is 0 Å². The molecular formula is C17H15N3O6. The number of nitrogens with zero attached hydrogens (tertiary/aromatic N) is 3. The summed E-state index contributed by atoms with van der Waals surface area (Å²) in [6.07, 6.45) is 5.98. The summed E-state index contributed by atoms with van der Waals surface area (Å²) in [6, 6.07) is 2.43. The number of amides is 2. The summed E-state index contributed by atoms with van der Waals surface area (Å²) in [5.41, 5.74) is -0.325. The van der Waals surface area contributed by atoms with Gasteiger partial charge in [0.1, 0.15) is 0 Å². The second-order valence-corrected chi connectivity index (χ2v) is 6.58. The maximum atomic E-state index is 12.5. The molecule has 4 unspecified atom stereocenters. The van der Waals surface area contributed by atoms with Crippen molar-refractivity contribution in [2.75, 3.05) is 7.11 Å². The molecule has 134 valence electrons. The first-order valence-corrected chi connectivity index (χ1v) is 8.08.